The average molecular weight is 295 g/mol. The zero-order chi connectivity index (χ0) is 15.7. The third kappa shape index (κ3) is 6.69. The lowest BCUT2D eigenvalue weighted by Crippen LogP contribution is -2.45. The van der Waals surface area contributed by atoms with Crippen molar-refractivity contribution < 1.29 is 14.3 Å². The molecule has 0 aromatic rings. The molecule has 2 atom stereocenters. The molecule has 1 saturated heterocycles. The van der Waals surface area contributed by atoms with E-state index in [4.69, 9.17) is 14.7 Å². The first-order valence-electron chi connectivity index (χ1n) is 7.47. The molecule has 0 aliphatic carbocycles. The van der Waals surface area contributed by atoms with E-state index >= 15 is 0 Å². The van der Waals surface area contributed by atoms with E-state index in [2.05, 4.69) is 23.7 Å². The minimum absolute atomic E-state index is 0.0234. The van der Waals surface area contributed by atoms with Crippen molar-refractivity contribution >= 4 is 12.2 Å². The molecule has 0 aromatic heterocycles. The lowest BCUT2D eigenvalue weighted by atomic mass is 10.1. The van der Waals surface area contributed by atoms with Crippen LogP contribution in [0.15, 0.2) is 4.99 Å². The second kappa shape index (κ2) is 9.48. The average Bonchev–Trinajstić information content (AvgIpc) is 2.43. The summed E-state index contributed by atoms with van der Waals surface area (Å²) in [4.78, 5) is 18.0. The molecule has 0 bridgehead atoms. The summed E-state index contributed by atoms with van der Waals surface area (Å²) < 4.78 is 10.5. The summed E-state index contributed by atoms with van der Waals surface area (Å²) in [5.41, 5.74) is 0. The number of esters is 1. The number of nitriles is 1. The van der Waals surface area contributed by atoms with Crippen molar-refractivity contribution in [1.29, 1.82) is 5.26 Å². The van der Waals surface area contributed by atoms with Crippen molar-refractivity contribution in [3.05, 3.63) is 0 Å². The summed E-state index contributed by atoms with van der Waals surface area (Å²) >= 11 is 0. The quantitative estimate of drug-likeness (QED) is 0.519. The molecular formula is C15H25N3O3. The molecule has 1 fully saturated rings. The molecule has 6 heteroatoms. The number of rotatable bonds is 7. The molecule has 118 valence electrons. The van der Waals surface area contributed by atoms with Gasteiger partial charge in [0, 0.05) is 25.8 Å². The predicted molar refractivity (Wildman–Crippen MR) is 80.1 cm³/mol. The Hall–Kier alpha value is -1.45. The first kappa shape index (κ1) is 17.6. The molecule has 0 amide bonds. The molecule has 1 rings (SSSR count). The maximum Gasteiger partial charge on any atom is 0.328 e. The Balaban J connectivity index is 2.41. The summed E-state index contributed by atoms with van der Waals surface area (Å²) in [5, 5.41) is 8.92. The Labute approximate surface area is 126 Å². The Morgan fingerprint density at radius 2 is 2.38 bits per heavy atom. The van der Waals surface area contributed by atoms with E-state index in [0.29, 0.717) is 19.1 Å². The Morgan fingerprint density at radius 3 is 3.00 bits per heavy atom. The topological polar surface area (TPSA) is 74.9 Å². The Bertz CT molecular complexity index is 390. The number of carbonyl (C=O) groups is 1. The third-order valence-corrected chi connectivity index (χ3v) is 3.09. The highest BCUT2D eigenvalue weighted by atomic mass is 16.5. The van der Waals surface area contributed by atoms with Gasteiger partial charge in [-0.25, -0.2) is 0 Å². The molecule has 0 radical (unpaired) electrons. The van der Waals surface area contributed by atoms with Crippen LogP contribution in [0.2, 0.25) is 0 Å². The first-order chi connectivity index (χ1) is 10.1. The highest BCUT2D eigenvalue weighted by Crippen LogP contribution is 2.08. The van der Waals surface area contributed by atoms with Crippen molar-refractivity contribution in [1.82, 2.24) is 4.90 Å². The van der Waals surface area contributed by atoms with Gasteiger partial charge in [0.1, 0.15) is 0 Å². The van der Waals surface area contributed by atoms with Crippen molar-refractivity contribution in [3.63, 3.8) is 0 Å². The van der Waals surface area contributed by atoms with Gasteiger partial charge in [0.05, 0.1) is 31.9 Å². The molecule has 1 heterocycles. The van der Waals surface area contributed by atoms with Gasteiger partial charge in [-0.1, -0.05) is 13.8 Å². The van der Waals surface area contributed by atoms with Crippen molar-refractivity contribution in [2.75, 3.05) is 39.4 Å². The number of carbonyl (C=O) groups excluding carboxylic acids is 1. The van der Waals surface area contributed by atoms with E-state index in [1.54, 1.807) is 6.92 Å². The zero-order valence-electron chi connectivity index (χ0n) is 13.1. The van der Waals surface area contributed by atoms with Crippen molar-refractivity contribution in [2.45, 2.75) is 26.9 Å². The molecule has 0 saturated carbocycles. The number of nitrogens with zero attached hydrogens (tertiary/aromatic N) is 3. The first-order valence-corrected chi connectivity index (χ1v) is 7.47. The second-order valence-corrected chi connectivity index (χ2v) is 5.52. The molecule has 0 aromatic carbocycles. The van der Waals surface area contributed by atoms with Crippen LogP contribution in [0.4, 0.5) is 0 Å². The smallest absolute Gasteiger partial charge is 0.328 e. The highest BCUT2D eigenvalue weighted by Gasteiger charge is 2.21. The fourth-order valence-corrected chi connectivity index (χ4v) is 2.24. The summed E-state index contributed by atoms with van der Waals surface area (Å²) in [5.74, 6) is -0.853. The van der Waals surface area contributed by atoms with Crippen LogP contribution in [0.25, 0.3) is 0 Å². The molecule has 1 aliphatic rings. The van der Waals surface area contributed by atoms with Gasteiger partial charge < -0.3 is 9.47 Å². The van der Waals surface area contributed by atoms with Gasteiger partial charge in [-0.05, 0) is 12.8 Å². The largest absolute Gasteiger partial charge is 0.465 e. The number of hydrogen-bond acceptors (Lipinski definition) is 6. The van der Waals surface area contributed by atoms with Crippen molar-refractivity contribution in [3.8, 4) is 6.07 Å². The fourth-order valence-electron chi connectivity index (χ4n) is 2.24. The van der Waals surface area contributed by atoms with E-state index in [1.807, 2.05) is 6.07 Å². The maximum absolute atomic E-state index is 11.5. The van der Waals surface area contributed by atoms with E-state index in [-0.39, 0.29) is 12.7 Å². The minimum atomic E-state index is -0.930. The number of hydrogen-bond donors (Lipinski definition) is 0. The fraction of sp³-hybridized carbons (Fsp3) is 0.800. The molecule has 0 spiro atoms. The van der Waals surface area contributed by atoms with Crippen LogP contribution in [0.1, 0.15) is 20.8 Å². The van der Waals surface area contributed by atoms with Crippen LogP contribution in [0, 0.1) is 23.2 Å². The lowest BCUT2D eigenvalue weighted by molar-refractivity contribution is -0.143. The van der Waals surface area contributed by atoms with E-state index in [9.17, 15) is 4.79 Å². The van der Waals surface area contributed by atoms with Crippen LogP contribution >= 0.6 is 0 Å². The maximum atomic E-state index is 11.5. The van der Waals surface area contributed by atoms with Crippen LogP contribution in [0.3, 0.4) is 0 Å². The van der Waals surface area contributed by atoms with Crippen LogP contribution < -0.4 is 0 Å². The summed E-state index contributed by atoms with van der Waals surface area (Å²) in [6.07, 6.45) is 1.39. The predicted octanol–water partition coefficient (Wildman–Crippen LogP) is 1.12. The summed E-state index contributed by atoms with van der Waals surface area (Å²) in [6, 6.07) is 1.88. The van der Waals surface area contributed by atoms with Gasteiger partial charge in [-0.3, -0.25) is 14.7 Å². The number of aliphatic imine (C=N–C) groups is 1. The second-order valence-electron chi connectivity index (χ2n) is 5.52. The Morgan fingerprint density at radius 1 is 1.62 bits per heavy atom. The van der Waals surface area contributed by atoms with Crippen molar-refractivity contribution in [2.24, 2.45) is 16.8 Å². The molecule has 0 N–H and O–H groups in total. The standard InChI is InChI=1S/C15H25N3O3/c1-4-20-15(19)13(7-16)8-17-9-14-11-18(5-6-21-14)10-12(2)3/h8,12-14H,4-6,9-11H2,1-3H3/t13-,14+/m0/s1. The van der Waals surface area contributed by atoms with Crippen LogP contribution in [-0.4, -0.2) is 62.6 Å². The third-order valence-electron chi connectivity index (χ3n) is 3.09. The number of morpholine rings is 1. The summed E-state index contributed by atoms with van der Waals surface area (Å²) in [7, 11) is 0. The molecular weight excluding hydrogens is 270 g/mol. The van der Waals surface area contributed by atoms with E-state index in [0.717, 1.165) is 19.6 Å². The highest BCUT2D eigenvalue weighted by molar-refractivity contribution is 5.92. The molecule has 0 unspecified atom stereocenters. The van der Waals surface area contributed by atoms with Gasteiger partial charge >= 0.3 is 5.97 Å². The van der Waals surface area contributed by atoms with Gasteiger partial charge in [0.2, 0.25) is 0 Å². The van der Waals surface area contributed by atoms with Gasteiger partial charge in [-0.15, -0.1) is 0 Å². The van der Waals surface area contributed by atoms with E-state index < -0.39 is 11.9 Å². The van der Waals surface area contributed by atoms with Crippen LogP contribution in [0.5, 0.6) is 0 Å². The lowest BCUT2D eigenvalue weighted by Gasteiger charge is -2.33. The number of ether oxygens (including phenoxy) is 2. The molecule has 6 nitrogen and oxygen atoms in total. The van der Waals surface area contributed by atoms with E-state index in [1.165, 1.54) is 6.21 Å². The minimum Gasteiger partial charge on any atom is -0.465 e. The summed E-state index contributed by atoms with van der Waals surface area (Å²) in [6.45, 7) is 10.4. The zero-order valence-corrected chi connectivity index (χ0v) is 13.1. The van der Waals surface area contributed by atoms with Gasteiger partial charge in [0.25, 0.3) is 0 Å². The van der Waals surface area contributed by atoms with Gasteiger partial charge in [-0.2, -0.15) is 5.26 Å². The Kier molecular flexibility index (Phi) is 7.95. The molecule has 21 heavy (non-hydrogen) atoms. The van der Waals surface area contributed by atoms with Gasteiger partial charge in [0.15, 0.2) is 5.92 Å². The molecule has 1 aliphatic heterocycles. The van der Waals surface area contributed by atoms with Crippen LogP contribution in [-0.2, 0) is 14.3 Å². The normalized spacial score (nSPS) is 21.4. The SMILES string of the molecule is CCOC(=O)[C@@H](C#N)C=NC[C@@H]1CN(CC(C)C)CCO1. The monoisotopic (exact) mass is 295 g/mol.